The minimum absolute atomic E-state index is 0.144. The molecule has 0 fully saturated rings. The summed E-state index contributed by atoms with van der Waals surface area (Å²) in [6.07, 6.45) is -2.35. The summed E-state index contributed by atoms with van der Waals surface area (Å²) in [6, 6.07) is 5.10. The van der Waals surface area contributed by atoms with Crippen LogP contribution < -0.4 is 14.9 Å². The average molecular weight is 341 g/mol. The van der Waals surface area contributed by atoms with Gasteiger partial charge < -0.3 is 14.6 Å². The summed E-state index contributed by atoms with van der Waals surface area (Å²) >= 11 is 0. The normalized spacial score (nSPS) is 11.5. The van der Waals surface area contributed by atoms with E-state index < -0.39 is 11.7 Å². The Morgan fingerprint density at radius 2 is 1.79 bits per heavy atom. The van der Waals surface area contributed by atoms with Crippen LogP contribution in [-0.4, -0.2) is 30.5 Å². The molecule has 0 spiro atoms. The van der Waals surface area contributed by atoms with Crippen molar-refractivity contribution in [3.8, 4) is 17.2 Å². The van der Waals surface area contributed by atoms with Gasteiger partial charge in [0.1, 0.15) is 5.82 Å². The highest BCUT2D eigenvalue weighted by atomic mass is 19.4. The van der Waals surface area contributed by atoms with Crippen LogP contribution in [0.3, 0.4) is 0 Å². The first-order valence-electron chi connectivity index (χ1n) is 6.62. The van der Waals surface area contributed by atoms with Crippen molar-refractivity contribution in [3.63, 3.8) is 0 Å². The maximum Gasteiger partial charge on any atom is 0.417 e. The molecule has 9 heteroatoms. The van der Waals surface area contributed by atoms with Crippen molar-refractivity contribution in [2.24, 2.45) is 5.10 Å². The van der Waals surface area contributed by atoms with Crippen LogP contribution in [0.15, 0.2) is 35.6 Å². The molecule has 0 atom stereocenters. The Labute approximate surface area is 135 Å². The first kappa shape index (κ1) is 17.4. The van der Waals surface area contributed by atoms with Crippen molar-refractivity contribution in [1.29, 1.82) is 0 Å². The molecule has 0 aliphatic heterocycles. The minimum Gasteiger partial charge on any atom is -0.502 e. The van der Waals surface area contributed by atoms with Gasteiger partial charge in [0.2, 0.25) is 5.75 Å². The van der Waals surface area contributed by atoms with Crippen LogP contribution in [0.1, 0.15) is 11.1 Å². The number of alkyl halides is 3. The van der Waals surface area contributed by atoms with E-state index in [9.17, 15) is 18.3 Å². The van der Waals surface area contributed by atoms with Crippen molar-refractivity contribution in [1.82, 2.24) is 4.98 Å². The van der Waals surface area contributed by atoms with Crippen LogP contribution in [0.25, 0.3) is 0 Å². The number of benzene rings is 1. The number of aromatic nitrogens is 1. The van der Waals surface area contributed by atoms with Crippen LogP contribution >= 0.6 is 0 Å². The quantitative estimate of drug-likeness (QED) is 0.645. The van der Waals surface area contributed by atoms with Gasteiger partial charge in [-0.3, -0.25) is 5.43 Å². The van der Waals surface area contributed by atoms with Gasteiger partial charge in [-0.1, -0.05) is 0 Å². The van der Waals surface area contributed by atoms with E-state index in [-0.39, 0.29) is 23.1 Å². The molecule has 2 N–H and O–H groups in total. The molecule has 0 amide bonds. The highest BCUT2D eigenvalue weighted by molar-refractivity contribution is 5.82. The number of anilines is 1. The number of hydrazone groups is 1. The van der Waals surface area contributed by atoms with Crippen molar-refractivity contribution < 1.29 is 27.8 Å². The summed E-state index contributed by atoms with van der Waals surface area (Å²) in [7, 11) is 2.78. The molecule has 0 aliphatic carbocycles. The van der Waals surface area contributed by atoms with Crippen LogP contribution in [0, 0.1) is 0 Å². The highest BCUT2D eigenvalue weighted by Crippen LogP contribution is 2.36. The smallest absolute Gasteiger partial charge is 0.417 e. The van der Waals surface area contributed by atoms with Crippen molar-refractivity contribution in [3.05, 3.63) is 41.6 Å². The third-order valence-electron chi connectivity index (χ3n) is 2.99. The number of phenols is 1. The number of ether oxygens (including phenoxy) is 2. The fourth-order valence-corrected chi connectivity index (χ4v) is 1.79. The second-order valence-corrected chi connectivity index (χ2v) is 4.57. The SMILES string of the molecule is COc1cc(/C=N\Nc2ccc(C(F)(F)F)cn2)cc(OC)c1O. The first-order chi connectivity index (χ1) is 11.3. The van der Waals surface area contributed by atoms with E-state index in [0.717, 1.165) is 12.1 Å². The van der Waals surface area contributed by atoms with Gasteiger partial charge in [-0.05, 0) is 24.3 Å². The van der Waals surface area contributed by atoms with E-state index in [2.05, 4.69) is 15.5 Å². The number of hydrogen-bond acceptors (Lipinski definition) is 6. The summed E-state index contributed by atoms with van der Waals surface area (Å²) in [5, 5.41) is 13.7. The van der Waals surface area contributed by atoms with Crippen molar-refractivity contribution >= 4 is 12.0 Å². The second-order valence-electron chi connectivity index (χ2n) is 4.57. The maximum atomic E-state index is 12.4. The third kappa shape index (κ3) is 4.06. The molecule has 2 rings (SSSR count). The number of methoxy groups -OCH3 is 2. The lowest BCUT2D eigenvalue weighted by atomic mass is 10.2. The van der Waals surface area contributed by atoms with E-state index in [0.29, 0.717) is 11.8 Å². The molecular formula is C15H14F3N3O3. The lowest BCUT2D eigenvalue weighted by molar-refractivity contribution is -0.137. The van der Waals surface area contributed by atoms with Crippen LogP contribution in [0.4, 0.5) is 19.0 Å². The van der Waals surface area contributed by atoms with Gasteiger partial charge in [-0.25, -0.2) is 4.98 Å². The van der Waals surface area contributed by atoms with Crippen molar-refractivity contribution in [2.45, 2.75) is 6.18 Å². The number of nitrogens with one attached hydrogen (secondary N) is 1. The molecule has 0 unspecified atom stereocenters. The number of pyridine rings is 1. The van der Waals surface area contributed by atoms with Gasteiger partial charge in [-0.15, -0.1) is 0 Å². The summed E-state index contributed by atoms with van der Waals surface area (Å²) in [5.41, 5.74) is 2.21. The Bertz CT molecular complexity index is 706. The molecule has 6 nitrogen and oxygen atoms in total. The Morgan fingerprint density at radius 3 is 2.25 bits per heavy atom. The first-order valence-corrected chi connectivity index (χ1v) is 6.62. The van der Waals surface area contributed by atoms with E-state index in [1.54, 1.807) is 0 Å². The summed E-state index contributed by atoms with van der Waals surface area (Å²) in [5.74, 6) is 0.401. The number of aromatic hydroxyl groups is 1. The van der Waals surface area contributed by atoms with Gasteiger partial charge >= 0.3 is 6.18 Å². The summed E-state index contributed by atoms with van der Waals surface area (Å²) in [4.78, 5) is 3.62. The minimum atomic E-state index is -4.44. The molecular weight excluding hydrogens is 327 g/mol. The Balaban J connectivity index is 2.11. The van der Waals surface area contributed by atoms with Crippen LogP contribution in [0.2, 0.25) is 0 Å². The molecule has 0 radical (unpaired) electrons. The van der Waals surface area contributed by atoms with Gasteiger partial charge in [0.05, 0.1) is 26.0 Å². The fourth-order valence-electron chi connectivity index (χ4n) is 1.79. The predicted octanol–water partition coefficient (Wildman–Crippen LogP) is 3.27. The molecule has 24 heavy (non-hydrogen) atoms. The fraction of sp³-hybridized carbons (Fsp3) is 0.200. The number of nitrogens with zero attached hydrogens (tertiary/aromatic N) is 2. The monoisotopic (exact) mass is 341 g/mol. The number of halogens is 3. The predicted molar refractivity (Wildman–Crippen MR) is 81.7 cm³/mol. The van der Waals surface area contributed by atoms with Gasteiger partial charge in [0.15, 0.2) is 11.5 Å². The van der Waals surface area contributed by atoms with Gasteiger partial charge in [-0.2, -0.15) is 18.3 Å². The summed E-state index contributed by atoms with van der Waals surface area (Å²) < 4.78 is 47.3. The molecule has 1 aromatic carbocycles. The molecule has 0 bridgehead atoms. The number of phenolic OH excluding ortho intramolecular Hbond substituents is 1. The van der Waals surface area contributed by atoms with Crippen molar-refractivity contribution in [2.75, 3.05) is 19.6 Å². The van der Waals surface area contributed by atoms with E-state index >= 15 is 0 Å². The lowest BCUT2D eigenvalue weighted by Gasteiger charge is -2.09. The standard InChI is InChI=1S/C15H14F3N3O3/c1-23-11-5-9(6-12(24-2)14(11)22)7-20-21-13-4-3-10(8-19-13)15(16,17)18/h3-8,22H,1-2H3,(H,19,21)/b20-7-. The van der Waals surface area contributed by atoms with E-state index in [1.165, 1.54) is 32.6 Å². The Kier molecular flexibility index (Phi) is 5.12. The zero-order valence-electron chi connectivity index (χ0n) is 12.8. The second kappa shape index (κ2) is 7.07. The topological polar surface area (TPSA) is 76.0 Å². The van der Waals surface area contributed by atoms with E-state index in [1.807, 2.05) is 0 Å². The van der Waals surface area contributed by atoms with Crippen LogP contribution in [-0.2, 0) is 6.18 Å². The van der Waals surface area contributed by atoms with Gasteiger partial charge in [0.25, 0.3) is 0 Å². The molecule has 0 saturated heterocycles. The maximum absolute atomic E-state index is 12.4. The number of rotatable bonds is 5. The molecule has 2 aromatic rings. The molecule has 0 aliphatic rings. The Hall–Kier alpha value is -2.97. The largest absolute Gasteiger partial charge is 0.502 e. The summed E-state index contributed by atoms with van der Waals surface area (Å²) in [6.45, 7) is 0. The highest BCUT2D eigenvalue weighted by Gasteiger charge is 2.30. The van der Waals surface area contributed by atoms with Crippen LogP contribution in [0.5, 0.6) is 17.2 Å². The Morgan fingerprint density at radius 1 is 1.17 bits per heavy atom. The van der Waals surface area contributed by atoms with E-state index in [4.69, 9.17) is 9.47 Å². The molecule has 128 valence electrons. The number of hydrogen-bond donors (Lipinski definition) is 2. The average Bonchev–Trinajstić information content (AvgIpc) is 2.55. The molecule has 1 aromatic heterocycles. The third-order valence-corrected chi connectivity index (χ3v) is 2.99. The molecule has 0 saturated carbocycles. The van der Waals surface area contributed by atoms with Gasteiger partial charge in [0, 0.05) is 11.8 Å². The zero-order chi connectivity index (χ0) is 17.7. The zero-order valence-corrected chi connectivity index (χ0v) is 12.8. The lowest BCUT2D eigenvalue weighted by Crippen LogP contribution is -2.05. The molecule has 1 heterocycles.